The number of amides is 1. The summed E-state index contributed by atoms with van der Waals surface area (Å²) in [5, 5.41) is 4.59. The lowest BCUT2D eigenvalue weighted by Crippen LogP contribution is -2.36. The summed E-state index contributed by atoms with van der Waals surface area (Å²) in [7, 11) is 0. The molecule has 0 saturated carbocycles. The second-order valence-corrected chi connectivity index (χ2v) is 6.87. The van der Waals surface area contributed by atoms with Crippen molar-refractivity contribution in [2.24, 2.45) is 5.73 Å². The second-order valence-electron chi connectivity index (χ2n) is 5.32. The minimum atomic E-state index is -0.359. The Labute approximate surface area is 137 Å². The number of fused-ring (bicyclic) bond motifs is 1. The molecule has 0 bridgehead atoms. The van der Waals surface area contributed by atoms with Gasteiger partial charge in [0.05, 0.1) is 21.3 Å². The Hall–Kier alpha value is -1.21. The standard InChI is InChI=1S/C15H18ClN3O2S/c16-9-1-4-13-11(7-9)19-14(22-13)5-6-18-15(20)12-3-2-10(8-17)21-12/h1,4,7,10,12H,2-3,5-6,8,17H2,(H,18,20)/t10-,12+/m1/s1. The molecule has 1 saturated heterocycles. The average Bonchev–Trinajstić information content (AvgIpc) is 3.12. The van der Waals surface area contributed by atoms with Crippen LogP contribution in [0.3, 0.4) is 0 Å². The van der Waals surface area contributed by atoms with Crippen LogP contribution in [0.2, 0.25) is 5.02 Å². The van der Waals surface area contributed by atoms with E-state index in [2.05, 4.69) is 10.3 Å². The Morgan fingerprint density at radius 3 is 3.14 bits per heavy atom. The van der Waals surface area contributed by atoms with Gasteiger partial charge < -0.3 is 15.8 Å². The van der Waals surface area contributed by atoms with Crippen molar-refractivity contribution in [3.63, 3.8) is 0 Å². The van der Waals surface area contributed by atoms with Crippen LogP contribution in [-0.4, -0.2) is 36.2 Å². The summed E-state index contributed by atoms with van der Waals surface area (Å²) < 4.78 is 6.68. The number of halogens is 1. The topological polar surface area (TPSA) is 77.2 Å². The lowest BCUT2D eigenvalue weighted by molar-refractivity contribution is -0.131. The number of nitrogens with two attached hydrogens (primary N) is 1. The summed E-state index contributed by atoms with van der Waals surface area (Å²) >= 11 is 7.58. The van der Waals surface area contributed by atoms with Crippen LogP contribution < -0.4 is 11.1 Å². The van der Waals surface area contributed by atoms with Crippen molar-refractivity contribution >= 4 is 39.1 Å². The molecule has 0 radical (unpaired) electrons. The Bertz CT molecular complexity index is 676. The van der Waals surface area contributed by atoms with E-state index in [1.54, 1.807) is 11.3 Å². The highest BCUT2D eigenvalue weighted by atomic mass is 35.5. The highest BCUT2D eigenvalue weighted by Crippen LogP contribution is 2.25. The molecule has 2 aromatic rings. The van der Waals surface area contributed by atoms with Gasteiger partial charge in [-0.3, -0.25) is 4.79 Å². The zero-order valence-electron chi connectivity index (χ0n) is 12.0. The van der Waals surface area contributed by atoms with Gasteiger partial charge in [-0.05, 0) is 31.0 Å². The molecule has 118 valence electrons. The van der Waals surface area contributed by atoms with E-state index in [0.29, 0.717) is 24.5 Å². The van der Waals surface area contributed by atoms with Gasteiger partial charge in [0, 0.05) is 24.5 Å². The van der Waals surface area contributed by atoms with Gasteiger partial charge in [-0.25, -0.2) is 4.98 Å². The molecule has 1 aromatic heterocycles. The van der Waals surface area contributed by atoms with Crippen LogP contribution in [0.1, 0.15) is 17.8 Å². The van der Waals surface area contributed by atoms with Crippen molar-refractivity contribution < 1.29 is 9.53 Å². The van der Waals surface area contributed by atoms with Crippen LogP contribution in [0.5, 0.6) is 0 Å². The molecule has 5 nitrogen and oxygen atoms in total. The number of ether oxygens (including phenoxy) is 1. The molecule has 3 rings (SSSR count). The fraction of sp³-hybridized carbons (Fsp3) is 0.467. The van der Waals surface area contributed by atoms with E-state index in [4.69, 9.17) is 22.1 Å². The molecule has 1 aliphatic heterocycles. The van der Waals surface area contributed by atoms with Crippen LogP contribution >= 0.6 is 22.9 Å². The molecule has 0 spiro atoms. The number of carbonyl (C=O) groups excluding carboxylic acids is 1. The molecular weight excluding hydrogens is 322 g/mol. The van der Waals surface area contributed by atoms with Crippen molar-refractivity contribution in [2.75, 3.05) is 13.1 Å². The first-order chi connectivity index (χ1) is 10.7. The number of nitrogens with zero attached hydrogens (tertiary/aromatic N) is 1. The van der Waals surface area contributed by atoms with Gasteiger partial charge in [0.25, 0.3) is 0 Å². The predicted molar refractivity (Wildman–Crippen MR) is 88.3 cm³/mol. The first-order valence-electron chi connectivity index (χ1n) is 7.34. The zero-order valence-corrected chi connectivity index (χ0v) is 13.6. The lowest BCUT2D eigenvalue weighted by atomic mass is 10.2. The summed E-state index contributed by atoms with van der Waals surface area (Å²) in [5.74, 6) is -0.0555. The Morgan fingerprint density at radius 1 is 1.50 bits per heavy atom. The van der Waals surface area contributed by atoms with Crippen LogP contribution in [0, 0.1) is 0 Å². The van der Waals surface area contributed by atoms with Crippen molar-refractivity contribution in [3.05, 3.63) is 28.2 Å². The first-order valence-corrected chi connectivity index (χ1v) is 8.53. The van der Waals surface area contributed by atoms with Crippen LogP contribution in [0.4, 0.5) is 0 Å². The molecule has 1 aliphatic rings. The Morgan fingerprint density at radius 2 is 2.36 bits per heavy atom. The number of rotatable bonds is 5. The number of thiazole rings is 1. The van der Waals surface area contributed by atoms with Crippen LogP contribution in [0.15, 0.2) is 18.2 Å². The van der Waals surface area contributed by atoms with Crippen LogP contribution in [0.25, 0.3) is 10.2 Å². The molecule has 1 aromatic carbocycles. The third kappa shape index (κ3) is 3.57. The molecule has 7 heteroatoms. The summed E-state index contributed by atoms with van der Waals surface area (Å²) in [6.07, 6.45) is 1.96. The number of hydrogen-bond donors (Lipinski definition) is 2. The second kappa shape index (κ2) is 6.91. The molecule has 1 amide bonds. The van der Waals surface area contributed by atoms with E-state index in [-0.39, 0.29) is 18.1 Å². The Kier molecular flexibility index (Phi) is 4.93. The van der Waals surface area contributed by atoms with Gasteiger partial charge in [0.2, 0.25) is 5.91 Å². The highest BCUT2D eigenvalue weighted by Gasteiger charge is 2.29. The predicted octanol–water partition coefficient (Wildman–Crippen LogP) is 2.11. The molecular formula is C15H18ClN3O2S. The quantitative estimate of drug-likeness (QED) is 0.874. The van der Waals surface area contributed by atoms with Gasteiger partial charge in [-0.15, -0.1) is 11.3 Å². The van der Waals surface area contributed by atoms with E-state index in [9.17, 15) is 4.79 Å². The van der Waals surface area contributed by atoms with Gasteiger partial charge in [0.15, 0.2) is 0 Å². The summed E-state index contributed by atoms with van der Waals surface area (Å²) in [5.41, 5.74) is 6.45. The zero-order chi connectivity index (χ0) is 15.5. The van der Waals surface area contributed by atoms with E-state index in [0.717, 1.165) is 28.1 Å². The van der Waals surface area contributed by atoms with E-state index in [1.165, 1.54) is 0 Å². The fourth-order valence-electron chi connectivity index (χ4n) is 2.53. The number of nitrogens with one attached hydrogen (secondary N) is 1. The monoisotopic (exact) mass is 339 g/mol. The van der Waals surface area contributed by atoms with Crippen molar-refractivity contribution in [1.82, 2.24) is 10.3 Å². The molecule has 2 heterocycles. The van der Waals surface area contributed by atoms with Crippen molar-refractivity contribution in [3.8, 4) is 0 Å². The van der Waals surface area contributed by atoms with E-state index >= 15 is 0 Å². The van der Waals surface area contributed by atoms with E-state index in [1.807, 2.05) is 18.2 Å². The highest BCUT2D eigenvalue weighted by molar-refractivity contribution is 7.18. The molecule has 22 heavy (non-hydrogen) atoms. The van der Waals surface area contributed by atoms with Gasteiger partial charge in [-0.1, -0.05) is 11.6 Å². The molecule has 2 atom stereocenters. The van der Waals surface area contributed by atoms with Crippen molar-refractivity contribution in [2.45, 2.75) is 31.5 Å². The molecule has 1 fully saturated rings. The largest absolute Gasteiger partial charge is 0.364 e. The molecule has 3 N–H and O–H groups in total. The maximum Gasteiger partial charge on any atom is 0.249 e. The summed E-state index contributed by atoms with van der Waals surface area (Å²) in [6.45, 7) is 1.03. The van der Waals surface area contributed by atoms with Gasteiger partial charge in [-0.2, -0.15) is 0 Å². The van der Waals surface area contributed by atoms with Gasteiger partial charge >= 0.3 is 0 Å². The average molecular weight is 340 g/mol. The fourth-order valence-corrected chi connectivity index (χ4v) is 3.65. The molecule has 0 unspecified atom stereocenters. The van der Waals surface area contributed by atoms with E-state index < -0.39 is 0 Å². The third-order valence-corrected chi connectivity index (χ3v) is 5.03. The van der Waals surface area contributed by atoms with Gasteiger partial charge in [0.1, 0.15) is 6.10 Å². The minimum Gasteiger partial charge on any atom is -0.364 e. The minimum absolute atomic E-state index is 0.0183. The first kappa shape index (κ1) is 15.7. The maximum atomic E-state index is 12.0. The third-order valence-electron chi connectivity index (χ3n) is 3.69. The number of benzene rings is 1. The SMILES string of the molecule is NC[C@H]1CC[C@@H](C(=O)NCCc2nc3cc(Cl)ccc3s2)O1. The summed E-state index contributed by atoms with van der Waals surface area (Å²) in [4.78, 5) is 16.5. The smallest absolute Gasteiger partial charge is 0.249 e. The Balaban J connectivity index is 1.50. The number of aromatic nitrogens is 1. The summed E-state index contributed by atoms with van der Waals surface area (Å²) in [6, 6.07) is 5.68. The maximum absolute atomic E-state index is 12.0. The lowest BCUT2D eigenvalue weighted by Gasteiger charge is -2.12. The normalized spacial score (nSPS) is 21.4. The number of carbonyl (C=O) groups is 1. The number of hydrogen-bond acceptors (Lipinski definition) is 5. The van der Waals surface area contributed by atoms with Crippen molar-refractivity contribution in [1.29, 1.82) is 0 Å². The molecule has 0 aliphatic carbocycles. The van der Waals surface area contributed by atoms with Crippen LogP contribution in [-0.2, 0) is 16.0 Å².